The minimum atomic E-state index is -3.93. The summed E-state index contributed by atoms with van der Waals surface area (Å²) in [6, 6.07) is 2.14. The summed E-state index contributed by atoms with van der Waals surface area (Å²) < 4.78 is 57.3. The molecular weight excluding hydrogens is 318 g/mol. The van der Waals surface area contributed by atoms with Crippen LogP contribution < -0.4 is 5.32 Å². The minimum Gasteiger partial charge on any atom is -0.449 e. The third-order valence-electron chi connectivity index (χ3n) is 3.98. The molecule has 2 aliphatic heterocycles. The fourth-order valence-corrected chi connectivity index (χ4v) is 4.21. The number of alkyl carbamates (subject to hydrolysis) is 1. The number of carbonyl (C=O) groups is 1. The average molecular weight is 332 g/mol. The van der Waals surface area contributed by atoms with Gasteiger partial charge in [-0.3, -0.25) is 0 Å². The van der Waals surface area contributed by atoms with Gasteiger partial charge in [-0.25, -0.2) is 22.0 Å². The van der Waals surface area contributed by atoms with Crippen molar-refractivity contribution >= 4 is 16.1 Å². The number of nitrogens with one attached hydrogen (secondary N) is 1. The van der Waals surface area contributed by atoms with Gasteiger partial charge in [0, 0.05) is 19.0 Å². The fraction of sp³-hybridized carbons (Fsp3) is 0.462. The lowest BCUT2D eigenvalue weighted by Crippen LogP contribution is -2.58. The van der Waals surface area contributed by atoms with E-state index in [9.17, 15) is 22.0 Å². The van der Waals surface area contributed by atoms with Crippen LogP contribution in [0.25, 0.3) is 0 Å². The Morgan fingerprint density at radius 3 is 2.77 bits per heavy atom. The molecule has 0 unspecified atom stereocenters. The second-order valence-corrected chi connectivity index (χ2v) is 7.27. The Labute approximate surface area is 126 Å². The molecule has 120 valence electrons. The van der Waals surface area contributed by atoms with Gasteiger partial charge in [0.05, 0.1) is 17.5 Å². The number of amides is 1. The van der Waals surface area contributed by atoms with Crippen LogP contribution in [-0.4, -0.2) is 44.6 Å². The van der Waals surface area contributed by atoms with Gasteiger partial charge in [-0.2, -0.15) is 4.31 Å². The highest BCUT2D eigenvalue weighted by Gasteiger charge is 2.39. The van der Waals surface area contributed by atoms with E-state index in [0.29, 0.717) is 12.5 Å². The number of ether oxygens (including phenoxy) is 1. The Morgan fingerprint density at radius 2 is 2.05 bits per heavy atom. The van der Waals surface area contributed by atoms with Crippen molar-refractivity contribution in [1.29, 1.82) is 0 Å². The molecule has 6 nitrogen and oxygen atoms in total. The SMILES string of the molecule is O=C1N[C@@H]2CN(S(=O)(=O)c3ccc(F)c(F)c3)CC[C@H]2CO1. The van der Waals surface area contributed by atoms with Crippen LogP contribution in [0, 0.1) is 17.6 Å². The summed E-state index contributed by atoms with van der Waals surface area (Å²) >= 11 is 0. The predicted molar refractivity (Wildman–Crippen MR) is 71.5 cm³/mol. The highest BCUT2D eigenvalue weighted by molar-refractivity contribution is 7.89. The Bertz CT molecular complexity index is 710. The molecular formula is C13H14F2N2O4S. The Kier molecular flexibility index (Phi) is 3.77. The lowest BCUT2D eigenvalue weighted by molar-refractivity contribution is 0.0564. The van der Waals surface area contributed by atoms with Gasteiger partial charge in [0.25, 0.3) is 0 Å². The van der Waals surface area contributed by atoms with Crippen molar-refractivity contribution in [2.45, 2.75) is 17.4 Å². The molecule has 2 heterocycles. The number of hydrogen-bond acceptors (Lipinski definition) is 4. The zero-order valence-electron chi connectivity index (χ0n) is 11.5. The standard InChI is InChI=1S/C13H14F2N2O4S/c14-10-2-1-9(5-11(10)15)22(19,20)17-4-3-8-7-21-13(18)16-12(8)6-17/h1-2,5,8,12H,3-4,6-7H2,(H,16,18)/t8-,12+/m0/s1. The van der Waals surface area contributed by atoms with E-state index in [-0.39, 0.29) is 36.6 Å². The summed E-state index contributed by atoms with van der Waals surface area (Å²) in [6.07, 6.45) is -0.0539. The molecule has 3 rings (SSSR count). The Balaban J connectivity index is 1.83. The summed E-state index contributed by atoms with van der Waals surface area (Å²) in [7, 11) is -3.93. The number of sulfonamides is 1. The molecule has 0 saturated carbocycles. The van der Waals surface area contributed by atoms with Crippen LogP contribution in [0.15, 0.2) is 23.1 Å². The zero-order valence-corrected chi connectivity index (χ0v) is 12.3. The summed E-state index contributed by atoms with van der Waals surface area (Å²) in [6.45, 7) is 0.582. The molecule has 0 radical (unpaired) electrons. The van der Waals surface area contributed by atoms with E-state index < -0.39 is 27.8 Å². The van der Waals surface area contributed by atoms with Crippen molar-refractivity contribution in [3.63, 3.8) is 0 Å². The van der Waals surface area contributed by atoms with E-state index in [0.717, 1.165) is 12.1 Å². The van der Waals surface area contributed by atoms with E-state index in [1.165, 1.54) is 4.31 Å². The molecule has 0 bridgehead atoms. The number of benzene rings is 1. The van der Waals surface area contributed by atoms with Crippen molar-refractivity contribution in [1.82, 2.24) is 9.62 Å². The van der Waals surface area contributed by atoms with Crippen molar-refractivity contribution in [2.24, 2.45) is 5.92 Å². The lowest BCUT2D eigenvalue weighted by Gasteiger charge is -2.40. The first-order valence-corrected chi connectivity index (χ1v) is 8.20. The Morgan fingerprint density at radius 1 is 1.27 bits per heavy atom. The van der Waals surface area contributed by atoms with Gasteiger partial charge >= 0.3 is 6.09 Å². The van der Waals surface area contributed by atoms with E-state index in [2.05, 4.69) is 5.32 Å². The van der Waals surface area contributed by atoms with Crippen LogP contribution in [0.4, 0.5) is 13.6 Å². The normalized spacial score (nSPS) is 26.0. The number of cyclic esters (lactones) is 1. The van der Waals surface area contributed by atoms with Crippen molar-refractivity contribution in [2.75, 3.05) is 19.7 Å². The highest BCUT2D eigenvalue weighted by atomic mass is 32.2. The molecule has 2 saturated heterocycles. The molecule has 0 spiro atoms. The highest BCUT2D eigenvalue weighted by Crippen LogP contribution is 2.26. The van der Waals surface area contributed by atoms with Crippen LogP contribution in [0.3, 0.4) is 0 Å². The van der Waals surface area contributed by atoms with Gasteiger partial charge in [0.15, 0.2) is 11.6 Å². The van der Waals surface area contributed by atoms with E-state index >= 15 is 0 Å². The molecule has 2 atom stereocenters. The second-order valence-electron chi connectivity index (χ2n) is 5.34. The van der Waals surface area contributed by atoms with Crippen LogP contribution >= 0.6 is 0 Å². The van der Waals surface area contributed by atoms with Crippen LogP contribution in [0.5, 0.6) is 0 Å². The number of halogens is 2. The van der Waals surface area contributed by atoms with Gasteiger partial charge in [-0.15, -0.1) is 0 Å². The summed E-state index contributed by atoms with van der Waals surface area (Å²) in [5.41, 5.74) is 0. The molecule has 1 amide bonds. The van der Waals surface area contributed by atoms with Gasteiger partial charge in [0.2, 0.25) is 10.0 Å². The second kappa shape index (κ2) is 5.47. The average Bonchev–Trinajstić information content (AvgIpc) is 2.49. The van der Waals surface area contributed by atoms with Crippen molar-refractivity contribution in [3.8, 4) is 0 Å². The third-order valence-corrected chi connectivity index (χ3v) is 5.84. The molecule has 2 fully saturated rings. The fourth-order valence-electron chi connectivity index (χ4n) is 2.71. The molecule has 1 aromatic carbocycles. The number of piperidine rings is 1. The first kappa shape index (κ1) is 15.2. The maximum Gasteiger partial charge on any atom is 0.407 e. The Hall–Kier alpha value is -1.74. The molecule has 0 aliphatic carbocycles. The number of hydrogen-bond donors (Lipinski definition) is 1. The molecule has 22 heavy (non-hydrogen) atoms. The molecule has 1 aromatic rings. The van der Waals surface area contributed by atoms with Crippen molar-refractivity contribution in [3.05, 3.63) is 29.8 Å². The van der Waals surface area contributed by atoms with Crippen LogP contribution in [-0.2, 0) is 14.8 Å². The number of fused-ring (bicyclic) bond motifs is 1. The summed E-state index contributed by atoms with van der Waals surface area (Å²) in [5.74, 6) is -2.27. The molecule has 1 N–H and O–H groups in total. The predicted octanol–water partition coefficient (Wildman–Crippen LogP) is 1.08. The number of carbonyl (C=O) groups excluding carboxylic acids is 1. The summed E-state index contributed by atoms with van der Waals surface area (Å²) in [4.78, 5) is 10.9. The smallest absolute Gasteiger partial charge is 0.407 e. The molecule has 9 heteroatoms. The topological polar surface area (TPSA) is 75.7 Å². The number of nitrogens with zero attached hydrogens (tertiary/aromatic N) is 1. The maximum atomic E-state index is 13.3. The van der Waals surface area contributed by atoms with E-state index in [1.807, 2.05) is 0 Å². The van der Waals surface area contributed by atoms with Gasteiger partial charge in [-0.05, 0) is 24.6 Å². The third kappa shape index (κ3) is 2.66. The molecule has 0 aromatic heterocycles. The quantitative estimate of drug-likeness (QED) is 0.879. The first-order valence-electron chi connectivity index (χ1n) is 6.76. The molecule has 2 aliphatic rings. The van der Waals surface area contributed by atoms with Gasteiger partial charge in [-0.1, -0.05) is 0 Å². The minimum absolute atomic E-state index is 0.0501. The summed E-state index contributed by atoms with van der Waals surface area (Å²) in [5, 5.41) is 2.59. The largest absolute Gasteiger partial charge is 0.449 e. The number of rotatable bonds is 2. The van der Waals surface area contributed by atoms with Crippen molar-refractivity contribution < 1.29 is 26.7 Å². The van der Waals surface area contributed by atoms with Gasteiger partial charge < -0.3 is 10.1 Å². The van der Waals surface area contributed by atoms with Gasteiger partial charge in [0.1, 0.15) is 0 Å². The lowest BCUT2D eigenvalue weighted by atomic mass is 9.93. The van der Waals surface area contributed by atoms with Crippen LogP contribution in [0.1, 0.15) is 6.42 Å². The first-order chi connectivity index (χ1) is 10.4. The van der Waals surface area contributed by atoms with E-state index in [4.69, 9.17) is 4.74 Å². The van der Waals surface area contributed by atoms with Crippen LogP contribution in [0.2, 0.25) is 0 Å². The maximum absolute atomic E-state index is 13.3. The monoisotopic (exact) mass is 332 g/mol. The zero-order chi connectivity index (χ0) is 15.9. The van der Waals surface area contributed by atoms with E-state index in [1.54, 1.807) is 0 Å².